The molecule has 2 unspecified atom stereocenters. The van der Waals surface area contributed by atoms with Gasteiger partial charge < -0.3 is 14.7 Å². The normalized spacial score (nSPS) is 15.2. The molecule has 138 valence electrons. The number of allylic oxidation sites excluding steroid dienone is 3. The first kappa shape index (κ1) is 22.4. The van der Waals surface area contributed by atoms with Crippen molar-refractivity contribution in [3.05, 3.63) is 36.0 Å². The zero-order valence-electron chi connectivity index (χ0n) is 16.4. The smallest absolute Gasteiger partial charge is 0.410 e. The Morgan fingerprint density at radius 1 is 1.33 bits per heavy atom. The van der Waals surface area contributed by atoms with Crippen LogP contribution in [0.3, 0.4) is 0 Å². The highest BCUT2D eigenvalue weighted by atomic mass is 16.6. The summed E-state index contributed by atoms with van der Waals surface area (Å²) in [5.41, 5.74) is 1.26. The maximum atomic E-state index is 12.2. The highest BCUT2D eigenvalue weighted by Gasteiger charge is 2.25. The summed E-state index contributed by atoms with van der Waals surface area (Å²) in [7, 11) is 0. The van der Waals surface area contributed by atoms with Crippen molar-refractivity contribution >= 4 is 6.09 Å². The van der Waals surface area contributed by atoms with Crippen molar-refractivity contribution in [1.82, 2.24) is 4.90 Å². The first-order valence-corrected chi connectivity index (χ1v) is 8.73. The van der Waals surface area contributed by atoms with Crippen molar-refractivity contribution in [2.75, 3.05) is 13.1 Å². The molecule has 1 N–H and O–H groups in total. The van der Waals surface area contributed by atoms with Crippen molar-refractivity contribution < 1.29 is 14.6 Å². The van der Waals surface area contributed by atoms with E-state index in [1.807, 2.05) is 66.7 Å². The standard InChI is InChI=1S/C20H35NO3/c1-9-12-17(13-15(4)10-2)18(22)16(5)14-21(11-3)19(23)24-20(6,7)8/h9,12-13,16,18,22H,4,10-11,14H2,1-3,5-8H3/b12-9-,17-13+. The van der Waals surface area contributed by atoms with Gasteiger partial charge in [-0.25, -0.2) is 4.79 Å². The van der Waals surface area contributed by atoms with Crippen LogP contribution in [0, 0.1) is 5.92 Å². The van der Waals surface area contributed by atoms with Crippen LogP contribution in [0.15, 0.2) is 36.0 Å². The predicted molar refractivity (Wildman–Crippen MR) is 101 cm³/mol. The summed E-state index contributed by atoms with van der Waals surface area (Å²) >= 11 is 0. The van der Waals surface area contributed by atoms with E-state index in [-0.39, 0.29) is 12.0 Å². The molecule has 0 aliphatic rings. The Hall–Kier alpha value is -1.55. The Morgan fingerprint density at radius 2 is 1.92 bits per heavy atom. The summed E-state index contributed by atoms with van der Waals surface area (Å²) in [6.07, 6.45) is 5.54. The summed E-state index contributed by atoms with van der Waals surface area (Å²) in [5, 5.41) is 10.7. The minimum Gasteiger partial charge on any atom is -0.444 e. The van der Waals surface area contributed by atoms with Crippen LogP contribution in [0.4, 0.5) is 4.79 Å². The third-order valence-electron chi connectivity index (χ3n) is 3.61. The lowest BCUT2D eigenvalue weighted by molar-refractivity contribution is 0.0192. The van der Waals surface area contributed by atoms with Gasteiger partial charge in [-0.2, -0.15) is 0 Å². The number of aliphatic hydroxyl groups is 1. The molecule has 0 rings (SSSR count). The van der Waals surface area contributed by atoms with Crippen LogP contribution in [0.1, 0.15) is 54.9 Å². The lowest BCUT2D eigenvalue weighted by Crippen LogP contribution is -2.41. The molecule has 0 aromatic heterocycles. The van der Waals surface area contributed by atoms with Gasteiger partial charge in [0.2, 0.25) is 0 Å². The molecule has 0 bridgehead atoms. The van der Waals surface area contributed by atoms with E-state index in [9.17, 15) is 9.90 Å². The average Bonchev–Trinajstić information content (AvgIpc) is 2.49. The molecule has 4 nitrogen and oxygen atoms in total. The van der Waals surface area contributed by atoms with Gasteiger partial charge >= 0.3 is 6.09 Å². The number of carbonyl (C=O) groups is 1. The molecular formula is C20H35NO3. The second-order valence-electron chi connectivity index (χ2n) is 7.10. The molecule has 0 fully saturated rings. The number of aliphatic hydroxyl groups excluding tert-OH is 1. The number of hydrogen-bond donors (Lipinski definition) is 1. The van der Waals surface area contributed by atoms with Crippen molar-refractivity contribution in [3.63, 3.8) is 0 Å². The second kappa shape index (κ2) is 10.3. The monoisotopic (exact) mass is 337 g/mol. The van der Waals surface area contributed by atoms with Crippen LogP contribution in [0.5, 0.6) is 0 Å². The minimum absolute atomic E-state index is 0.121. The van der Waals surface area contributed by atoms with Gasteiger partial charge in [0, 0.05) is 19.0 Å². The Bertz CT molecular complexity index is 472. The number of carbonyl (C=O) groups excluding carboxylic acids is 1. The summed E-state index contributed by atoms with van der Waals surface area (Å²) in [5.74, 6) is -0.121. The van der Waals surface area contributed by atoms with Crippen LogP contribution in [-0.2, 0) is 4.74 Å². The topological polar surface area (TPSA) is 49.8 Å². The summed E-state index contributed by atoms with van der Waals surface area (Å²) in [4.78, 5) is 13.9. The van der Waals surface area contributed by atoms with Gasteiger partial charge in [0.25, 0.3) is 0 Å². The van der Waals surface area contributed by atoms with Crippen LogP contribution >= 0.6 is 0 Å². The minimum atomic E-state index is -0.666. The SMILES string of the molecule is C=C(/C=C(\C=C/C)C(O)C(C)CN(CC)C(=O)OC(C)(C)C)CC. The quantitative estimate of drug-likeness (QED) is 0.653. The zero-order chi connectivity index (χ0) is 18.9. The molecule has 0 heterocycles. The maximum Gasteiger partial charge on any atom is 0.410 e. The number of hydrogen-bond acceptors (Lipinski definition) is 3. The maximum absolute atomic E-state index is 12.2. The Labute approximate surface area is 147 Å². The van der Waals surface area contributed by atoms with E-state index in [2.05, 4.69) is 6.58 Å². The van der Waals surface area contributed by atoms with E-state index in [1.165, 1.54) is 0 Å². The summed E-state index contributed by atoms with van der Waals surface area (Å²) in [6.45, 7) is 18.3. The van der Waals surface area contributed by atoms with Gasteiger partial charge in [0.05, 0.1) is 6.10 Å². The molecular weight excluding hydrogens is 302 g/mol. The fourth-order valence-electron chi connectivity index (χ4n) is 2.20. The molecule has 1 amide bonds. The lowest BCUT2D eigenvalue weighted by Gasteiger charge is -2.30. The van der Waals surface area contributed by atoms with E-state index < -0.39 is 11.7 Å². The van der Waals surface area contributed by atoms with Gasteiger partial charge in [0.15, 0.2) is 0 Å². The highest BCUT2D eigenvalue weighted by molar-refractivity contribution is 5.68. The number of rotatable bonds is 8. The molecule has 0 saturated heterocycles. The molecule has 2 atom stereocenters. The average molecular weight is 338 g/mol. The number of nitrogens with zero attached hydrogens (tertiary/aromatic N) is 1. The van der Waals surface area contributed by atoms with Crippen LogP contribution in [0.2, 0.25) is 0 Å². The van der Waals surface area contributed by atoms with Gasteiger partial charge in [-0.15, -0.1) is 0 Å². The third-order valence-corrected chi connectivity index (χ3v) is 3.61. The van der Waals surface area contributed by atoms with Crippen molar-refractivity contribution in [2.45, 2.75) is 66.6 Å². The molecule has 0 radical (unpaired) electrons. The molecule has 0 aromatic rings. The predicted octanol–water partition coefficient (Wildman–Crippen LogP) is 4.71. The summed E-state index contributed by atoms with van der Waals surface area (Å²) in [6, 6.07) is 0. The highest BCUT2D eigenvalue weighted by Crippen LogP contribution is 2.19. The molecule has 0 saturated carbocycles. The molecule has 24 heavy (non-hydrogen) atoms. The van der Waals surface area contributed by atoms with Crippen LogP contribution in [-0.4, -0.2) is 40.9 Å². The molecule has 0 aromatic carbocycles. The fourth-order valence-corrected chi connectivity index (χ4v) is 2.20. The van der Waals surface area contributed by atoms with Gasteiger partial charge in [-0.1, -0.05) is 44.2 Å². The fraction of sp³-hybridized carbons (Fsp3) is 0.650. The number of ether oxygens (including phenoxy) is 1. The first-order chi connectivity index (χ1) is 11.1. The second-order valence-corrected chi connectivity index (χ2v) is 7.10. The largest absolute Gasteiger partial charge is 0.444 e. The molecule has 0 aliphatic carbocycles. The van der Waals surface area contributed by atoms with E-state index in [0.717, 1.165) is 17.6 Å². The number of amides is 1. The Kier molecular flexibility index (Phi) is 9.67. The first-order valence-electron chi connectivity index (χ1n) is 8.73. The van der Waals surface area contributed by atoms with Crippen LogP contribution in [0.25, 0.3) is 0 Å². The van der Waals surface area contributed by atoms with Crippen molar-refractivity contribution in [1.29, 1.82) is 0 Å². The molecule has 0 aliphatic heterocycles. The zero-order valence-corrected chi connectivity index (χ0v) is 16.4. The Balaban J connectivity index is 5.09. The molecule has 0 spiro atoms. The lowest BCUT2D eigenvalue weighted by atomic mass is 9.94. The van der Waals surface area contributed by atoms with E-state index >= 15 is 0 Å². The van der Waals surface area contributed by atoms with E-state index in [4.69, 9.17) is 4.74 Å². The van der Waals surface area contributed by atoms with Crippen LogP contribution < -0.4 is 0 Å². The van der Waals surface area contributed by atoms with Gasteiger partial charge in [-0.05, 0) is 46.6 Å². The van der Waals surface area contributed by atoms with E-state index in [0.29, 0.717) is 13.1 Å². The van der Waals surface area contributed by atoms with Crippen molar-refractivity contribution in [3.8, 4) is 0 Å². The molecule has 4 heteroatoms. The summed E-state index contributed by atoms with van der Waals surface area (Å²) < 4.78 is 5.42. The van der Waals surface area contributed by atoms with Gasteiger partial charge in [-0.3, -0.25) is 0 Å². The Morgan fingerprint density at radius 3 is 2.33 bits per heavy atom. The van der Waals surface area contributed by atoms with Crippen molar-refractivity contribution in [2.24, 2.45) is 5.92 Å². The van der Waals surface area contributed by atoms with Gasteiger partial charge in [0.1, 0.15) is 5.60 Å². The third kappa shape index (κ3) is 8.34. The van der Waals surface area contributed by atoms with E-state index in [1.54, 1.807) is 4.90 Å².